The van der Waals surface area contributed by atoms with Gasteiger partial charge in [-0.05, 0) is 31.5 Å². The molecule has 94 valence electrons. The zero-order chi connectivity index (χ0) is 13.1. The van der Waals surface area contributed by atoms with Crippen molar-refractivity contribution in [3.63, 3.8) is 0 Å². The first kappa shape index (κ1) is 12.7. The summed E-state index contributed by atoms with van der Waals surface area (Å²) in [5.74, 6) is 0.0642. The number of alkyl halides is 1. The molecule has 0 bridgehead atoms. The van der Waals surface area contributed by atoms with Gasteiger partial charge in [-0.1, -0.05) is 18.2 Å². The molecular weight excluding hydrogens is 250 g/mol. The van der Waals surface area contributed by atoms with E-state index in [0.29, 0.717) is 11.4 Å². The van der Waals surface area contributed by atoms with E-state index < -0.39 is 0 Å². The van der Waals surface area contributed by atoms with Gasteiger partial charge in [0.1, 0.15) is 0 Å². The van der Waals surface area contributed by atoms with Gasteiger partial charge in [-0.25, -0.2) is 0 Å². The summed E-state index contributed by atoms with van der Waals surface area (Å²) >= 11 is 6.07. The minimum atomic E-state index is -0.262. The van der Waals surface area contributed by atoms with Crippen LogP contribution >= 0.6 is 11.6 Å². The summed E-state index contributed by atoms with van der Waals surface area (Å²) in [5, 5.41) is 2.65. The second kappa shape index (κ2) is 5.27. The predicted molar refractivity (Wildman–Crippen MR) is 72.1 cm³/mol. The Hall–Kier alpha value is -1.74. The summed E-state index contributed by atoms with van der Waals surface area (Å²) in [5.41, 5.74) is 2.40. The van der Waals surface area contributed by atoms with Crippen LogP contribution in [0.2, 0.25) is 0 Å². The van der Waals surface area contributed by atoms with E-state index in [1.165, 1.54) is 6.26 Å². The highest BCUT2D eigenvalue weighted by Crippen LogP contribution is 2.27. The van der Waals surface area contributed by atoms with Gasteiger partial charge < -0.3 is 9.73 Å². The highest BCUT2D eigenvalue weighted by atomic mass is 35.5. The molecule has 3 nitrogen and oxygen atoms in total. The predicted octanol–water partition coefficient (Wildman–Crippen LogP) is 4.14. The fourth-order valence-corrected chi connectivity index (χ4v) is 1.93. The van der Waals surface area contributed by atoms with Crippen molar-refractivity contribution in [3.8, 4) is 0 Å². The molecule has 1 amide bonds. The molecule has 0 spiro atoms. The minimum Gasteiger partial charge on any atom is -0.459 e. The van der Waals surface area contributed by atoms with Crippen molar-refractivity contribution < 1.29 is 9.21 Å². The van der Waals surface area contributed by atoms with Crippen LogP contribution in [0.3, 0.4) is 0 Å². The fourth-order valence-electron chi connectivity index (χ4n) is 1.74. The normalized spacial score (nSPS) is 12.2. The van der Waals surface area contributed by atoms with Gasteiger partial charge in [-0.2, -0.15) is 0 Å². The van der Waals surface area contributed by atoms with E-state index in [2.05, 4.69) is 5.32 Å². The number of para-hydroxylation sites is 1. The van der Waals surface area contributed by atoms with Crippen molar-refractivity contribution in [3.05, 3.63) is 53.5 Å². The van der Waals surface area contributed by atoms with Gasteiger partial charge in [0.05, 0.1) is 11.6 Å². The Morgan fingerprint density at radius 3 is 2.67 bits per heavy atom. The zero-order valence-electron chi connectivity index (χ0n) is 10.2. The van der Waals surface area contributed by atoms with Gasteiger partial charge in [-0.15, -0.1) is 11.6 Å². The Balaban J connectivity index is 2.25. The van der Waals surface area contributed by atoms with Crippen LogP contribution in [-0.4, -0.2) is 5.91 Å². The molecule has 1 aromatic heterocycles. The Bertz CT molecular complexity index is 560. The number of hydrogen-bond donors (Lipinski definition) is 1. The molecule has 0 aliphatic heterocycles. The smallest absolute Gasteiger partial charge is 0.291 e. The first-order valence-corrected chi connectivity index (χ1v) is 6.11. The summed E-state index contributed by atoms with van der Waals surface area (Å²) in [7, 11) is 0. The number of hydrogen-bond acceptors (Lipinski definition) is 2. The van der Waals surface area contributed by atoms with E-state index in [4.69, 9.17) is 16.0 Å². The lowest BCUT2D eigenvalue weighted by molar-refractivity contribution is 0.0996. The number of carbonyl (C=O) groups excluding carboxylic acids is 1. The third-order valence-electron chi connectivity index (χ3n) is 2.71. The average molecular weight is 264 g/mol. The number of halogens is 1. The minimum absolute atomic E-state index is 0.167. The van der Waals surface area contributed by atoms with Crippen molar-refractivity contribution in [2.24, 2.45) is 0 Å². The molecule has 1 N–H and O–H groups in total. The van der Waals surface area contributed by atoms with Crippen LogP contribution in [-0.2, 0) is 0 Å². The summed E-state index contributed by atoms with van der Waals surface area (Å²) in [6, 6.07) is 9.22. The molecule has 0 saturated carbocycles. The van der Waals surface area contributed by atoms with Crippen LogP contribution < -0.4 is 5.32 Å². The van der Waals surface area contributed by atoms with Crippen LogP contribution in [0, 0.1) is 6.92 Å². The van der Waals surface area contributed by atoms with Crippen LogP contribution in [0.1, 0.15) is 34.0 Å². The maximum atomic E-state index is 12.0. The number of aryl methyl sites for hydroxylation is 1. The van der Waals surface area contributed by atoms with E-state index in [1.807, 2.05) is 38.1 Å². The van der Waals surface area contributed by atoms with Gasteiger partial charge in [0.2, 0.25) is 0 Å². The van der Waals surface area contributed by atoms with Crippen LogP contribution in [0.4, 0.5) is 5.69 Å². The summed E-state index contributed by atoms with van der Waals surface area (Å²) < 4.78 is 5.15. The molecule has 4 heteroatoms. The topological polar surface area (TPSA) is 42.2 Å². The molecule has 1 atom stereocenters. The first-order chi connectivity index (χ1) is 8.59. The number of amides is 1. The molecule has 2 aromatic rings. The fraction of sp³-hybridized carbons (Fsp3) is 0.214. The third kappa shape index (κ3) is 2.57. The number of furan rings is 1. The van der Waals surface area contributed by atoms with Crippen LogP contribution in [0.5, 0.6) is 0 Å². The Morgan fingerprint density at radius 1 is 1.33 bits per heavy atom. The van der Waals surface area contributed by atoms with Crippen molar-refractivity contribution in [2.45, 2.75) is 19.2 Å². The molecule has 0 saturated heterocycles. The maximum absolute atomic E-state index is 12.0. The highest BCUT2D eigenvalue weighted by Gasteiger charge is 2.15. The number of nitrogens with one attached hydrogen (secondary N) is 1. The number of rotatable bonds is 3. The van der Waals surface area contributed by atoms with E-state index in [1.54, 1.807) is 6.07 Å². The molecule has 1 unspecified atom stereocenters. The van der Waals surface area contributed by atoms with Gasteiger partial charge >= 0.3 is 0 Å². The Morgan fingerprint density at radius 2 is 2.06 bits per heavy atom. The molecule has 1 heterocycles. The monoisotopic (exact) mass is 263 g/mol. The molecule has 2 rings (SSSR count). The second-order valence-electron chi connectivity index (χ2n) is 4.09. The van der Waals surface area contributed by atoms with E-state index in [0.717, 1.165) is 11.1 Å². The molecule has 0 aliphatic rings. The lowest BCUT2D eigenvalue weighted by atomic mass is 10.1. The van der Waals surface area contributed by atoms with E-state index in [9.17, 15) is 4.79 Å². The molecular formula is C14H14ClNO2. The largest absolute Gasteiger partial charge is 0.459 e. The third-order valence-corrected chi connectivity index (χ3v) is 2.94. The van der Waals surface area contributed by atoms with Crippen molar-refractivity contribution in [1.82, 2.24) is 0 Å². The Kier molecular flexibility index (Phi) is 3.72. The van der Waals surface area contributed by atoms with Crippen LogP contribution in [0.15, 0.2) is 41.0 Å². The van der Waals surface area contributed by atoms with E-state index in [-0.39, 0.29) is 11.3 Å². The van der Waals surface area contributed by atoms with Crippen molar-refractivity contribution in [1.29, 1.82) is 0 Å². The summed E-state index contributed by atoms with van der Waals surface area (Å²) in [4.78, 5) is 12.0. The van der Waals surface area contributed by atoms with Gasteiger partial charge in [0.15, 0.2) is 5.76 Å². The van der Waals surface area contributed by atoms with Gasteiger partial charge in [0, 0.05) is 11.3 Å². The summed E-state index contributed by atoms with van der Waals surface area (Å²) in [6.07, 6.45) is 1.50. The summed E-state index contributed by atoms with van der Waals surface area (Å²) in [6.45, 7) is 3.69. The van der Waals surface area contributed by atoms with Crippen molar-refractivity contribution in [2.75, 3.05) is 5.32 Å². The quantitative estimate of drug-likeness (QED) is 0.846. The molecule has 0 aliphatic carbocycles. The number of benzene rings is 1. The highest BCUT2D eigenvalue weighted by molar-refractivity contribution is 6.21. The molecule has 0 radical (unpaired) electrons. The molecule has 1 aromatic carbocycles. The van der Waals surface area contributed by atoms with Gasteiger partial charge in [0.25, 0.3) is 5.91 Å². The van der Waals surface area contributed by atoms with Crippen LogP contribution in [0.25, 0.3) is 0 Å². The standard InChI is InChI=1S/C14H14ClNO2/c1-9-7-8-18-13(9)14(17)16-12-6-4-3-5-11(12)10(2)15/h3-8,10H,1-2H3,(H,16,17). The number of carbonyl (C=O) groups is 1. The lowest BCUT2D eigenvalue weighted by Crippen LogP contribution is -2.13. The molecule has 18 heavy (non-hydrogen) atoms. The lowest BCUT2D eigenvalue weighted by Gasteiger charge is -2.11. The SMILES string of the molecule is Cc1ccoc1C(=O)Nc1ccccc1C(C)Cl. The number of anilines is 1. The zero-order valence-corrected chi connectivity index (χ0v) is 11.0. The first-order valence-electron chi connectivity index (χ1n) is 5.68. The molecule has 0 fully saturated rings. The van der Waals surface area contributed by atoms with Crippen molar-refractivity contribution >= 4 is 23.2 Å². The average Bonchev–Trinajstić information content (AvgIpc) is 2.76. The Labute approximate surface area is 111 Å². The van der Waals surface area contributed by atoms with Gasteiger partial charge in [-0.3, -0.25) is 4.79 Å². The second-order valence-corrected chi connectivity index (χ2v) is 4.74. The maximum Gasteiger partial charge on any atom is 0.291 e. The van der Waals surface area contributed by atoms with E-state index >= 15 is 0 Å².